The summed E-state index contributed by atoms with van der Waals surface area (Å²) in [6, 6.07) is 6.95. The number of carbonyl (C=O) groups is 1. The number of halogens is 2. The van der Waals surface area contributed by atoms with E-state index in [-0.39, 0.29) is 23.6 Å². The van der Waals surface area contributed by atoms with Gasteiger partial charge in [-0.3, -0.25) is 0 Å². The Bertz CT molecular complexity index is 1470. The lowest BCUT2D eigenvalue weighted by molar-refractivity contribution is 0.00763. The first-order chi connectivity index (χ1) is 17.8. The zero-order chi connectivity index (χ0) is 27.7. The van der Waals surface area contributed by atoms with Gasteiger partial charge < -0.3 is 14.4 Å². The molecule has 1 saturated heterocycles. The summed E-state index contributed by atoms with van der Waals surface area (Å²) >= 11 is 0. The highest BCUT2D eigenvalue weighted by molar-refractivity contribution is 7.92. The van der Waals surface area contributed by atoms with E-state index in [1.165, 1.54) is 37.0 Å². The second kappa shape index (κ2) is 10.8. The molecule has 1 aliphatic heterocycles. The highest BCUT2D eigenvalue weighted by Crippen LogP contribution is 2.31. The Labute approximate surface area is 221 Å². The maximum Gasteiger partial charge on any atom is 0.410 e. The molecular formula is C27H32F2N4O4S. The average Bonchev–Trinajstić information content (AvgIpc) is 2.78. The molecule has 1 aliphatic rings. The topological polar surface area (TPSA) is 94.0 Å². The SMILES string of the molecule is CC(C)(C)OC(=O)N1CCC[C@@H](Oc2cc(F)ccc2Cc2ncnc3cc(N=S(C)(C)=O)cc(F)c23)C1. The van der Waals surface area contributed by atoms with Crippen LogP contribution >= 0.6 is 0 Å². The first kappa shape index (κ1) is 27.7. The number of fused-ring (bicyclic) bond motifs is 1. The van der Waals surface area contributed by atoms with E-state index in [1.54, 1.807) is 17.0 Å². The molecule has 0 spiro atoms. The lowest BCUT2D eigenvalue weighted by Gasteiger charge is -2.34. The van der Waals surface area contributed by atoms with Gasteiger partial charge in [0, 0.05) is 52.9 Å². The fraction of sp³-hybridized carbons (Fsp3) is 0.444. The van der Waals surface area contributed by atoms with E-state index in [0.29, 0.717) is 48.5 Å². The fourth-order valence-corrected chi connectivity index (χ4v) is 4.92. The fourth-order valence-electron chi connectivity index (χ4n) is 4.30. The van der Waals surface area contributed by atoms with Crippen LogP contribution in [-0.4, -0.2) is 62.5 Å². The third-order valence-electron chi connectivity index (χ3n) is 5.79. The van der Waals surface area contributed by atoms with Crippen molar-refractivity contribution < 1.29 is 27.3 Å². The van der Waals surface area contributed by atoms with E-state index in [9.17, 15) is 13.4 Å². The minimum atomic E-state index is -2.48. The van der Waals surface area contributed by atoms with Crippen LogP contribution < -0.4 is 4.74 Å². The Kier molecular flexibility index (Phi) is 7.87. The molecule has 0 saturated carbocycles. The molecule has 1 fully saturated rings. The molecule has 204 valence electrons. The van der Waals surface area contributed by atoms with Gasteiger partial charge in [0.1, 0.15) is 35.4 Å². The maximum absolute atomic E-state index is 15.2. The molecule has 38 heavy (non-hydrogen) atoms. The van der Waals surface area contributed by atoms with Gasteiger partial charge >= 0.3 is 6.09 Å². The van der Waals surface area contributed by atoms with Gasteiger partial charge in [-0.05, 0) is 45.7 Å². The Hall–Kier alpha value is -3.34. The zero-order valence-corrected chi connectivity index (χ0v) is 23.0. The number of rotatable bonds is 5. The molecule has 0 bridgehead atoms. The van der Waals surface area contributed by atoms with Crippen LogP contribution in [0.15, 0.2) is 41.0 Å². The Morgan fingerprint density at radius 1 is 1.18 bits per heavy atom. The molecule has 1 atom stereocenters. The van der Waals surface area contributed by atoms with Crippen molar-refractivity contribution in [1.82, 2.24) is 14.9 Å². The van der Waals surface area contributed by atoms with Crippen molar-refractivity contribution in [2.75, 3.05) is 25.6 Å². The van der Waals surface area contributed by atoms with Crippen molar-refractivity contribution >= 4 is 32.4 Å². The van der Waals surface area contributed by atoms with Crippen LogP contribution in [0, 0.1) is 11.6 Å². The Morgan fingerprint density at radius 2 is 1.95 bits per heavy atom. The summed E-state index contributed by atoms with van der Waals surface area (Å²) in [6.07, 6.45) is 5.03. The third-order valence-corrected chi connectivity index (χ3v) is 6.44. The van der Waals surface area contributed by atoms with Crippen LogP contribution in [-0.2, 0) is 20.9 Å². The van der Waals surface area contributed by atoms with Crippen molar-refractivity contribution in [2.24, 2.45) is 4.36 Å². The molecule has 0 radical (unpaired) electrons. The van der Waals surface area contributed by atoms with Gasteiger partial charge in [0.15, 0.2) is 0 Å². The lowest BCUT2D eigenvalue weighted by atomic mass is 10.0. The number of benzene rings is 2. The largest absolute Gasteiger partial charge is 0.488 e. The van der Waals surface area contributed by atoms with Gasteiger partial charge in [-0.1, -0.05) is 6.07 Å². The first-order valence-electron chi connectivity index (χ1n) is 12.3. The number of ether oxygens (including phenoxy) is 2. The quantitative estimate of drug-likeness (QED) is 0.411. The van der Waals surface area contributed by atoms with Gasteiger partial charge in [-0.2, -0.15) is 4.36 Å². The number of hydrogen-bond donors (Lipinski definition) is 0. The highest BCUT2D eigenvalue weighted by atomic mass is 32.2. The van der Waals surface area contributed by atoms with Gasteiger partial charge in [0.2, 0.25) is 0 Å². The van der Waals surface area contributed by atoms with E-state index >= 15 is 4.39 Å². The van der Waals surface area contributed by atoms with Crippen LogP contribution in [0.25, 0.3) is 10.9 Å². The Morgan fingerprint density at radius 3 is 2.66 bits per heavy atom. The molecule has 0 N–H and O–H groups in total. The van der Waals surface area contributed by atoms with E-state index in [0.717, 1.165) is 0 Å². The highest BCUT2D eigenvalue weighted by Gasteiger charge is 2.29. The van der Waals surface area contributed by atoms with E-state index in [2.05, 4.69) is 14.3 Å². The smallest absolute Gasteiger partial charge is 0.410 e. The summed E-state index contributed by atoms with van der Waals surface area (Å²) in [5.74, 6) is -0.766. The van der Waals surface area contributed by atoms with E-state index in [1.807, 2.05) is 20.8 Å². The minimum Gasteiger partial charge on any atom is -0.488 e. The number of nitrogens with zero attached hydrogens (tertiary/aromatic N) is 4. The summed E-state index contributed by atoms with van der Waals surface area (Å²) in [5, 5.41) is 0.203. The van der Waals surface area contributed by atoms with Crippen LogP contribution in [0.2, 0.25) is 0 Å². The molecule has 1 amide bonds. The van der Waals surface area contributed by atoms with Crippen molar-refractivity contribution in [3.63, 3.8) is 0 Å². The van der Waals surface area contributed by atoms with Gasteiger partial charge in [0.05, 0.1) is 28.8 Å². The number of hydrogen-bond acceptors (Lipinski definition) is 7. The average molecular weight is 547 g/mol. The van der Waals surface area contributed by atoms with Crippen LogP contribution in [0.4, 0.5) is 19.3 Å². The first-order valence-corrected chi connectivity index (χ1v) is 14.6. The molecule has 0 aliphatic carbocycles. The monoisotopic (exact) mass is 546 g/mol. The number of piperidine rings is 1. The normalized spacial score (nSPS) is 16.4. The van der Waals surface area contributed by atoms with Gasteiger partial charge in [-0.15, -0.1) is 0 Å². The second-order valence-corrected chi connectivity index (χ2v) is 13.2. The van der Waals surface area contributed by atoms with Crippen LogP contribution in [0.5, 0.6) is 5.75 Å². The molecule has 3 aromatic rings. The zero-order valence-electron chi connectivity index (χ0n) is 22.2. The number of likely N-dealkylation sites (tertiary alicyclic amines) is 1. The molecule has 1 aromatic heterocycles. The second-order valence-electron chi connectivity index (χ2n) is 10.7. The van der Waals surface area contributed by atoms with Crippen molar-refractivity contribution in [3.05, 3.63) is 59.6 Å². The molecular weight excluding hydrogens is 514 g/mol. The van der Waals surface area contributed by atoms with Crippen molar-refractivity contribution in [1.29, 1.82) is 0 Å². The lowest BCUT2D eigenvalue weighted by Crippen LogP contribution is -2.46. The number of amides is 1. The molecule has 4 rings (SSSR count). The summed E-state index contributed by atoms with van der Waals surface area (Å²) in [4.78, 5) is 22.6. The summed E-state index contributed by atoms with van der Waals surface area (Å²) in [6.45, 7) is 6.28. The number of aromatic nitrogens is 2. The molecule has 11 heteroatoms. The minimum absolute atomic E-state index is 0.156. The van der Waals surface area contributed by atoms with E-state index < -0.39 is 33.1 Å². The predicted octanol–water partition coefficient (Wildman–Crippen LogP) is 5.64. The summed E-state index contributed by atoms with van der Waals surface area (Å²) in [7, 11) is -2.48. The van der Waals surface area contributed by atoms with Crippen LogP contribution in [0.1, 0.15) is 44.9 Å². The van der Waals surface area contributed by atoms with Gasteiger partial charge in [-0.25, -0.2) is 27.8 Å². The number of carbonyl (C=O) groups excluding carboxylic acids is 1. The van der Waals surface area contributed by atoms with Crippen molar-refractivity contribution in [3.8, 4) is 5.75 Å². The molecule has 2 aromatic carbocycles. The third kappa shape index (κ3) is 7.15. The maximum atomic E-state index is 15.2. The standard InChI is InChI=1S/C27H32F2N4O4S/c1-27(2,3)37-26(34)33-10-6-7-20(15-33)36-24-12-18(28)9-8-17(24)11-22-25-21(29)13-19(32-38(4,5)35)14-23(25)31-16-30-22/h8-9,12-14,16,20H,6-7,10-11,15H2,1-5H3/t20-/m1/s1. The molecule has 2 heterocycles. The Balaban J connectivity index is 1.60. The molecule has 8 nitrogen and oxygen atoms in total. The molecule has 0 unspecified atom stereocenters. The van der Waals surface area contributed by atoms with Gasteiger partial charge in [0.25, 0.3) is 0 Å². The van der Waals surface area contributed by atoms with Crippen LogP contribution in [0.3, 0.4) is 0 Å². The van der Waals surface area contributed by atoms with Crippen molar-refractivity contribution in [2.45, 2.75) is 51.7 Å². The summed E-state index contributed by atoms with van der Waals surface area (Å²) < 4.78 is 57.2. The predicted molar refractivity (Wildman–Crippen MR) is 142 cm³/mol. The van der Waals surface area contributed by atoms with E-state index in [4.69, 9.17) is 9.47 Å². The summed E-state index contributed by atoms with van der Waals surface area (Å²) in [5.41, 5.74) is 0.939.